The summed E-state index contributed by atoms with van der Waals surface area (Å²) in [5.41, 5.74) is -0.478. The molecule has 19 heteroatoms. The standard InChI is InChI=1S/C16H28B17N2/c1-9(2)16(26-17,8-12-6-7-12)35-11(5)13(29(20)27-18)34(10(3)4)14(30(21)32(22)23)15(35)31(28-19)33(24)25/h9-15H,6-8H2,1-5H3. The Bertz CT molecular complexity index is 654. The van der Waals surface area contributed by atoms with Gasteiger partial charge in [0.25, 0.3) is 0 Å². The minimum absolute atomic E-state index is 0.0547. The molecule has 1 aliphatic carbocycles. The SMILES string of the molecule is [B][B]B([B])C1C(C)N(C([B][B])(CC2CC2)C(C)C)C(B([B][B])B([B])[B])C(B([B])B([B])[B])N1C(C)C. The second-order valence-corrected chi connectivity index (χ2v) is 11.4. The molecule has 21 radical (unpaired) electrons. The zero-order valence-electron chi connectivity index (χ0n) is 22.4. The van der Waals surface area contributed by atoms with Crippen molar-refractivity contribution in [2.24, 2.45) is 11.8 Å². The summed E-state index contributed by atoms with van der Waals surface area (Å²) in [5, 5.41) is 0. The molecular weight excluding hydrogens is 404 g/mol. The Morgan fingerprint density at radius 1 is 0.857 bits per heavy atom. The normalized spacial score (nSPS) is 27.2. The van der Waals surface area contributed by atoms with E-state index in [9.17, 15) is 0 Å². The Morgan fingerprint density at radius 3 is 1.77 bits per heavy atom. The first-order valence-corrected chi connectivity index (χ1v) is 13.1. The molecule has 0 amide bonds. The number of nitrogens with zero attached hydrogens (tertiary/aromatic N) is 2. The highest BCUT2D eigenvalue weighted by Crippen LogP contribution is 2.46. The highest BCUT2D eigenvalue weighted by Gasteiger charge is 2.57. The van der Waals surface area contributed by atoms with Gasteiger partial charge in [0.2, 0.25) is 0 Å². The van der Waals surface area contributed by atoms with Gasteiger partial charge < -0.3 is 9.80 Å². The number of piperazine rings is 1. The summed E-state index contributed by atoms with van der Waals surface area (Å²) in [5.74, 6) is -0.0887. The lowest BCUT2D eigenvalue weighted by Gasteiger charge is -2.68. The van der Waals surface area contributed by atoms with E-state index in [0.717, 1.165) is 6.42 Å². The lowest BCUT2D eigenvalue weighted by Crippen LogP contribution is -2.86. The smallest absolute Gasteiger partial charge is 0.0826 e. The first kappa shape index (κ1) is 32.2. The molecule has 1 heterocycles. The summed E-state index contributed by atoms with van der Waals surface area (Å²) >= 11 is 0. The van der Waals surface area contributed by atoms with E-state index in [1.54, 1.807) is 14.1 Å². The molecule has 0 aromatic carbocycles. The van der Waals surface area contributed by atoms with Crippen LogP contribution in [0.4, 0.5) is 0 Å². The van der Waals surface area contributed by atoms with Crippen LogP contribution in [0.2, 0.25) is 0 Å². The Balaban J connectivity index is 2.88. The molecule has 2 fully saturated rings. The topological polar surface area (TPSA) is 6.48 Å². The quantitative estimate of drug-likeness (QED) is 0.276. The average Bonchev–Trinajstić information content (AvgIpc) is 3.60. The Morgan fingerprint density at radius 2 is 1.43 bits per heavy atom. The third kappa shape index (κ3) is 6.61. The first-order chi connectivity index (χ1) is 16.3. The van der Waals surface area contributed by atoms with Crippen molar-refractivity contribution < 1.29 is 0 Å². The maximum Gasteiger partial charge on any atom is 0.0826 e. The van der Waals surface area contributed by atoms with Gasteiger partial charge >= 0.3 is 0 Å². The minimum Gasteiger partial charge on any atom is -0.310 e. The van der Waals surface area contributed by atoms with Gasteiger partial charge in [0, 0.05) is 109 Å². The van der Waals surface area contributed by atoms with Crippen LogP contribution in [0.1, 0.15) is 53.9 Å². The summed E-state index contributed by atoms with van der Waals surface area (Å²) in [4.78, 5) is 4.74. The lowest BCUT2D eigenvalue weighted by atomic mass is 8.77. The van der Waals surface area contributed by atoms with Crippen molar-refractivity contribution >= 4 is 123 Å². The predicted octanol–water partition coefficient (Wildman–Crippen LogP) is -3.74. The van der Waals surface area contributed by atoms with Crippen LogP contribution < -0.4 is 0 Å². The maximum atomic E-state index is 6.81. The van der Waals surface area contributed by atoms with E-state index < -0.39 is 37.7 Å². The third-order valence-electron chi connectivity index (χ3n) is 8.49. The lowest BCUT2D eigenvalue weighted by molar-refractivity contribution is -0.0484. The highest BCUT2D eigenvalue weighted by atomic mass is 15.4. The van der Waals surface area contributed by atoms with Gasteiger partial charge in [-0.15, -0.1) is 0 Å². The van der Waals surface area contributed by atoms with Crippen LogP contribution in [0.15, 0.2) is 0 Å². The third-order valence-corrected chi connectivity index (χ3v) is 8.49. The predicted molar refractivity (Wildman–Crippen MR) is 172 cm³/mol. The van der Waals surface area contributed by atoms with E-state index in [1.165, 1.54) is 12.8 Å². The van der Waals surface area contributed by atoms with Crippen LogP contribution in [0.25, 0.3) is 0 Å². The van der Waals surface area contributed by atoms with E-state index in [-0.39, 0.29) is 35.8 Å². The Hall–Kier alpha value is 1.02. The molecule has 5 atom stereocenters. The van der Waals surface area contributed by atoms with E-state index in [1.807, 2.05) is 7.17 Å². The molecule has 153 valence electrons. The minimum atomic E-state index is -0.788. The van der Waals surface area contributed by atoms with Crippen molar-refractivity contribution in [3.05, 3.63) is 0 Å². The molecule has 1 saturated carbocycles. The van der Waals surface area contributed by atoms with Crippen molar-refractivity contribution in [1.82, 2.24) is 9.80 Å². The fourth-order valence-corrected chi connectivity index (χ4v) is 6.51. The number of hydrogen-bond acceptors (Lipinski definition) is 2. The van der Waals surface area contributed by atoms with Crippen LogP contribution >= 0.6 is 0 Å². The molecule has 0 N–H and O–H groups in total. The van der Waals surface area contributed by atoms with Crippen molar-refractivity contribution in [1.29, 1.82) is 0 Å². The molecule has 0 aromatic heterocycles. The van der Waals surface area contributed by atoms with Gasteiger partial charge in [0.05, 0.1) is 26.7 Å². The molecule has 1 saturated heterocycles. The monoisotopic (exact) mass is 435 g/mol. The van der Waals surface area contributed by atoms with Gasteiger partial charge in [0.15, 0.2) is 0 Å². The molecule has 2 nitrogen and oxygen atoms in total. The Labute approximate surface area is 233 Å². The zero-order chi connectivity index (χ0) is 26.8. The van der Waals surface area contributed by atoms with Gasteiger partial charge in [0.1, 0.15) is 0 Å². The summed E-state index contributed by atoms with van der Waals surface area (Å²) in [6.45, 7) is 9.31. The number of rotatable bonds is 13. The van der Waals surface area contributed by atoms with Gasteiger partial charge in [-0.25, -0.2) is 0 Å². The van der Waals surface area contributed by atoms with Crippen molar-refractivity contribution in [3.63, 3.8) is 0 Å². The summed E-state index contributed by atoms with van der Waals surface area (Å²) < 4.78 is 0. The molecule has 2 rings (SSSR count). The van der Waals surface area contributed by atoms with Crippen LogP contribution in [0.3, 0.4) is 0 Å². The maximum absolute atomic E-state index is 6.81. The van der Waals surface area contributed by atoms with Crippen molar-refractivity contribution in [2.75, 3.05) is 0 Å². The molecule has 1 aliphatic heterocycles. The van der Waals surface area contributed by atoms with E-state index in [4.69, 9.17) is 69.6 Å². The fourth-order valence-electron chi connectivity index (χ4n) is 6.51. The average molecular weight is 432 g/mol. The first-order valence-electron chi connectivity index (χ1n) is 13.1. The summed E-state index contributed by atoms with van der Waals surface area (Å²) in [6, 6.07) is -0.0316. The molecule has 5 unspecified atom stereocenters. The van der Waals surface area contributed by atoms with E-state index in [2.05, 4.69) is 44.4 Å². The van der Waals surface area contributed by atoms with Crippen LogP contribution in [-0.2, 0) is 0 Å². The molecule has 2 aliphatic rings. The van der Waals surface area contributed by atoms with Crippen molar-refractivity contribution in [2.45, 2.75) is 89.2 Å². The second-order valence-electron chi connectivity index (χ2n) is 11.4. The van der Waals surface area contributed by atoms with E-state index in [0.29, 0.717) is 5.92 Å². The second kappa shape index (κ2) is 13.4. The fraction of sp³-hybridized carbons (Fsp3) is 1.00. The molecule has 0 aromatic rings. The number of hydrogen-bond donors (Lipinski definition) is 0. The van der Waals surface area contributed by atoms with Gasteiger partial charge in [-0.2, -0.15) is 0 Å². The van der Waals surface area contributed by atoms with Crippen molar-refractivity contribution in [3.8, 4) is 0 Å². The molecule has 0 spiro atoms. The molecular formula is C16H28B17N2. The van der Waals surface area contributed by atoms with Crippen LogP contribution in [-0.4, -0.2) is 168 Å². The Kier molecular flexibility index (Phi) is 12.3. The zero-order valence-corrected chi connectivity index (χ0v) is 22.4. The van der Waals surface area contributed by atoms with Gasteiger partial charge in [-0.1, -0.05) is 26.7 Å². The van der Waals surface area contributed by atoms with Gasteiger partial charge in [-0.05, 0) is 62.3 Å². The highest BCUT2D eigenvalue weighted by molar-refractivity contribution is 7.73. The van der Waals surface area contributed by atoms with Crippen LogP contribution in [0.5, 0.6) is 0 Å². The van der Waals surface area contributed by atoms with Crippen LogP contribution in [0, 0.1) is 11.8 Å². The van der Waals surface area contributed by atoms with E-state index >= 15 is 0 Å². The summed E-state index contributed by atoms with van der Waals surface area (Å²) in [7, 11) is 62.5. The molecule has 35 heavy (non-hydrogen) atoms. The molecule has 0 bridgehead atoms. The summed E-state index contributed by atoms with van der Waals surface area (Å²) in [6.07, 6.45) is 1.76. The van der Waals surface area contributed by atoms with Gasteiger partial charge in [-0.3, -0.25) is 0 Å². The largest absolute Gasteiger partial charge is 0.310 e.